The second-order valence-corrected chi connectivity index (χ2v) is 5.74. The second kappa shape index (κ2) is 5.13. The highest BCUT2D eigenvalue weighted by Crippen LogP contribution is 2.14. The fourth-order valence-electron chi connectivity index (χ4n) is 1.62. The summed E-state index contributed by atoms with van der Waals surface area (Å²) in [4.78, 5) is 4.20. The van der Waals surface area contributed by atoms with Crippen LogP contribution < -0.4 is 5.32 Å². The SMILES string of the molecule is Cc1cnc(C(C)NCc2cn(C(C)(C)C)nn2)o1. The number of nitrogens with one attached hydrogen (secondary N) is 1. The minimum Gasteiger partial charge on any atom is -0.444 e. The first-order chi connectivity index (χ1) is 8.86. The first-order valence-corrected chi connectivity index (χ1v) is 6.43. The zero-order valence-electron chi connectivity index (χ0n) is 12.1. The molecule has 0 spiro atoms. The molecule has 6 heteroatoms. The quantitative estimate of drug-likeness (QED) is 0.915. The van der Waals surface area contributed by atoms with Gasteiger partial charge in [0.15, 0.2) is 0 Å². The van der Waals surface area contributed by atoms with Gasteiger partial charge in [0.25, 0.3) is 0 Å². The van der Waals surface area contributed by atoms with E-state index in [4.69, 9.17) is 4.42 Å². The van der Waals surface area contributed by atoms with E-state index in [1.807, 2.05) is 24.7 Å². The van der Waals surface area contributed by atoms with Crippen LogP contribution >= 0.6 is 0 Å². The fraction of sp³-hybridized carbons (Fsp3) is 0.615. The molecule has 1 N–H and O–H groups in total. The molecular weight excluding hydrogens is 242 g/mol. The molecule has 0 bridgehead atoms. The molecule has 0 saturated carbocycles. The summed E-state index contributed by atoms with van der Waals surface area (Å²) in [5, 5.41) is 11.6. The normalized spacial score (nSPS) is 13.7. The summed E-state index contributed by atoms with van der Waals surface area (Å²) in [5.74, 6) is 1.52. The summed E-state index contributed by atoms with van der Waals surface area (Å²) >= 11 is 0. The van der Waals surface area contributed by atoms with E-state index >= 15 is 0 Å². The third-order valence-electron chi connectivity index (χ3n) is 2.83. The van der Waals surface area contributed by atoms with Crippen molar-refractivity contribution in [2.45, 2.75) is 52.7 Å². The smallest absolute Gasteiger partial charge is 0.211 e. The summed E-state index contributed by atoms with van der Waals surface area (Å²) in [6.07, 6.45) is 3.68. The van der Waals surface area contributed by atoms with Gasteiger partial charge in [0, 0.05) is 6.54 Å². The van der Waals surface area contributed by atoms with Gasteiger partial charge in [-0.1, -0.05) is 5.21 Å². The van der Waals surface area contributed by atoms with Crippen LogP contribution in [0.3, 0.4) is 0 Å². The van der Waals surface area contributed by atoms with E-state index in [0.29, 0.717) is 12.4 Å². The number of hydrogen-bond acceptors (Lipinski definition) is 5. The van der Waals surface area contributed by atoms with E-state index in [0.717, 1.165) is 11.5 Å². The number of aromatic nitrogens is 4. The highest BCUT2D eigenvalue weighted by atomic mass is 16.4. The average Bonchev–Trinajstić information content (AvgIpc) is 2.93. The van der Waals surface area contributed by atoms with Gasteiger partial charge in [-0.3, -0.25) is 0 Å². The van der Waals surface area contributed by atoms with Gasteiger partial charge in [0.2, 0.25) is 5.89 Å². The minimum absolute atomic E-state index is 0.0451. The number of aryl methyl sites for hydroxylation is 1. The standard InChI is InChI=1S/C13H21N5O/c1-9-6-15-12(19-9)10(2)14-7-11-8-18(17-16-11)13(3,4)5/h6,8,10,14H,7H2,1-5H3. The van der Waals surface area contributed by atoms with Crippen molar-refractivity contribution in [3.63, 3.8) is 0 Å². The van der Waals surface area contributed by atoms with Crippen LogP contribution in [-0.4, -0.2) is 20.0 Å². The number of nitrogens with zero attached hydrogens (tertiary/aromatic N) is 4. The number of oxazole rings is 1. The van der Waals surface area contributed by atoms with Crippen molar-refractivity contribution in [1.82, 2.24) is 25.3 Å². The highest BCUT2D eigenvalue weighted by molar-refractivity contribution is 4.98. The predicted octanol–water partition coefficient (Wildman–Crippen LogP) is 2.18. The second-order valence-electron chi connectivity index (χ2n) is 5.74. The monoisotopic (exact) mass is 263 g/mol. The molecule has 1 atom stereocenters. The molecule has 0 aliphatic rings. The van der Waals surface area contributed by atoms with Crippen LogP contribution in [0.1, 0.15) is 51.1 Å². The van der Waals surface area contributed by atoms with Crippen molar-refractivity contribution in [3.05, 3.63) is 29.7 Å². The van der Waals surface area contributed by atoms with Crippen molar-refractivity contribution in [2.75, 3.05) is 0 Å². The predicted molar refractivity (Wildman–Crippen MR) is 71.5 cm³/mol. The Labute approximate surface area is 113 Å². The van der Waals surface area contributed by atoms with Crippen LogP contribution in [0.4, 0.5) is 0 Å². The topological polar surface area (TPSA) is 68.8 Å². The third kappa shape index (κ3) is 3.41. The Hall–Kier alpha value is -1.69. The van der Waals surface area contributed by atoms with Crippen molar-refractivity contribution in [1.29, 1.82) is 0 Å². The molecule has 6 nitrogen and oxygen atoms in total. The Morgan fingerprint density at radius 2 is 2.16 bits per heavy atom. The van der Waals surface area contributed by atoms with Crippen molar-refractivity contribution in [2.24, 2.45) is 0 Å². The maximum Gasteiger partial charge on any atom is 0.211 e. The third-order valence-corrected chi connectivity index (χ3v) is 2.83. The van der Waals surface area contributed by atoms with Gasteiger partial charge in [0.1, 0.15) is 5.76 Å². The average molecular weight is 263 g/mol. The van der Waals surface area contributed by atoms with Gasteiger partial charge < -0.3 is 9.73 Å². The zero-order valence-corrected chi connectivity index (χ0v) is 12.1. The van der Waals surface area contributed by atoms with Crippen LogP contribution in [0.25, 0.3) is 0 Å². The lowest BCUT2D eigenvalue weighted by atomic mass is 10.1. The molecule has 0 aromatic carbocycles. The van der Waals surface area contributed by atoms with Crippen LogP contribution in [-0.2, 0) is 12.1 Å². The summed E-state index contributed by atoms with van der Waals surface area (Å²) in [6.45, 7) is 10.8. The first kappa shape index (κ1) is 13.7. The van der Waals surface area contributed by atoms with Gasteiger partial charge in [-0.2, -0.15) is 0 Å². The van der Waals surface area contributed by atoms with Gasteiger partial charge in [-0.25, -0.2) is 9.67 Å². The van der Waals surface area contributed by atoms with Crippen molar-refractivity contribution in [3.8, 4) is 0 Å². The summed E-state index contributed by atoms with van der Waals surface area (Å²) in [7, 11) is 0. The molecule has 0 radical (unpaired) electrons. The molecule has 2 heterocycles. The fourth-order valence-corrected chi connectivity index (χ4v) is 1.62. The Balaban J connectivity index is 1.94. The molecule has 0 fully saturated rings. The maximum absolute atomic E-state index is 5.48. The van der Waals surface area contributed by atoms with E-state index in [2.05, 4.69) is 41.4 Å². The Bertz CT molecular complexity index is 537. The van der Waals surface area contributed by atoms with Crippen LogP contribution in [0.2, 0.25) is 0 Å². The van der Waals surface area contributed by atoms with Crippen LogP contribution in [0.5, 0.6) is 0 Å². The van der Waals surface area contributed by atoms with Gasteiger partial charge in [-0.15, -0.1) is 5.10 Å². The van der Waals surface area contributed by atoms with Crippen molar-refractivity contribution >= 4 is 0 Å². The lowest BCUT2D eigenvalue weighted by molar-refractivity contribution is 0.346. The zero-order chi connectivity index (χ0) is 14.0. The molecule has 0 saturated heterocycles. The van der Waals surface area contributed by atoms with Crippen molar-refractivity contribution < 1.29 is 4.42 Å². The molecule has 19 heavy (non-hydrogen) atoms. The van der Waals surface area contributed by atoms with Gasteiger partial charge in [0.05, 0.1) is 29.7 Å². The lowest BCUT2D eigenvalue weighted by Crippen LogP contribution is -2.22. The Morgan fingerprint density at radius 3 is 2.68 bits per heavy atom. The minimum atomic E-state index is -0.0451. The summed E-state index contributed by atoms with van der Waals surface area (Å²) < 4.78 is 7.34. The largest absolute Gasteiger partial charge is 0.444 e. The van der Waals surface area contributed by atoms with E-state index in [-0.39, 0.29) is 11.6 Å². The van der Waals surface area contributed by atoms with E-state index in [1.165, 1.54) is 0 Å². The maximum atomic E-state index is 5.48. The molecule has 0 aliphatic heterocycles. The van der Waals surface area contributed by atoms with Gasteiger partial charge in [-0.05, 0) is 34.6 Å². The van der Waals surface area contributed by atoms with E-state index in [9.17, 15) is 0 Å². The molecular formula is C13H21N5O. The number of rotatable bonds is 4. The molecule has 2 aromatic heterocycles. The van der Waals surface area contributed by atoms with E-state index in [1.54, 1.807) is 6.20 Å². The lowest BCUT2D eigenvalue weighted by Gasteiger charge is -2.17. The number of hydrogen-bond donors (Lipinski definition) is 1. The highest BCUT2D eigenvalue weighted by Gasteiger charge is 2.16. The molecule has 104 valence electrons. The summed E-state index contributed by atoms with van der Waals surface area (Å²) in [6, 6.07) is 0.0495. The Kier molecular flexibility index (Phi) is 3.71. The molecule has 0 aliphatic carbocycles. The van der Waals surface area contributed by atoms with Crippen LogP contribution in [0.15, 0.2) is 16.8 Å². The molecule has 2 rings (SSSR count). The molecule has 0 amide bonds. The molecule has 1 unspecified atom stereocenters. The first-order valence-electron chi connectivity index (χ1n) is 6.43. The summed E-state index contributed by atoms with van der Waals surface area (Å²) in [5.41, 5.74) is 0.862. The van der Waals surface area contributed by atoms with E-state index < -0.39 is 0 Å². The van der Waals surface area contributed by atoms with Gasteiger partial charge >= 0.3 is 0 Å². The molecule has 2 aromatic rings. The Morgan fingerprint density at radius 1 is 1.42 bits per heavy atom. The van der Waals surface area contributed by atoms with Crippen LogP contribution in [0, 0.1) is 6.92 Å².